The van der Waals surface area contributed by atoms with Crippen LogP contribution < -0.4 is 5.32 Å². The van der Waals surface area contributed by atoms with Crippen molar-refractivity contribution in [2.75, 3.05) is 0 Å². The minimum absolute atomic E-state index is 0.172. The molecule has 1 aliphatic rings. The van der Waals surface area contributed by atoms with E-state index in [0.717, 1.165) is 16.3 Å². The molecule has 0 aromatic heterocycles. The van der Waals surface area contributed by atoms with Gasteiger partial charge in [-0.2, -0.15) is 0 Å². The number of hydrogen-bond donors (Lipinski definition) is 1. The molecule has 3 nitrogen and oxygen atoms in total. The number of hydrogen-bond acceptors (Lipinski definition) is 2. The lowest BCUT2D eigenvalue weighted by atomic mass is 10.0. The lowest BCUT2D eigenvalue weighted by Crippen LogP contribution is -2.19. The summed E-state index contributed by atoms with van der Waals surface area (Å²) in [6.45, 7) is 0. The van der Waals surface area contributed by atoms with Crippen LogP contribution in [0, 0.1) is 0 Å². The van der Waals surface area contributed by atoms with Crippen molar-refractivity contribution in [3.8, 4) is 0 Å². The largest absolute Gasteiger partial charge is 0.292 e. The summed E-state index contributed by atoms with van der Waals surface area (Å²) in [5.74, 6) is -0.514. The number of fused-ring (bicyclic) bond motifs is 1. The maximum Gasteiger partial charge on any atom is 0.254 e. The van der Waals surface area contributed by atoms with Gasteiger partial charge < -0.3 is 0 Å². The van der Waals surface area contributed by atoms with Crippen LogP contribution in [0.15, 0.2) is 48.0 Å². The lowest BCUT2D eigenvalue weighted by molar-refractivity contribution is -0.124. The number of carbonyl (C=O) groups excluding carboxylic acids is 2. The van der Waals surface area contributed by atoms with Crippen molar-refractivity contribution in [1.82, 2.24) is 5.32 Å². The Hall–Kier alpha value is -2.42. The smallest absolute Gasteiger partial charge is 0.254 e. The first-order valence-electron chi connectivity index (χ1n) is 5.76. The SMILES string of the molecule is O=C1CC(=Cc2ccc3ccccc3c2)C(=O)N1. The highest BCUT2D eigenvalue weighted by molar-refractivity contribution is 6.15. The van der Waals surface area contributed by atoms with Gasteiger partial charge in [0.15, 0.2) is 0 Å². The van der Waals surface area contributed by atoms with E-state index in [1.165, 1.54) is 0 Å². The van der Waals surface area contributed by atoms with Gasteiger partial charge in [-0.3, -0.25) is 14.9 Å². The van der Waals surface area contributed by atoms with E-state index < -0.39 is 0 Å². The Morgan fingerprint density at radius 1 is 1.00 bits per heavy atom. The minimum atomic E-state index is -0.284. The molecule has 2 amide bonds. The summed E-state index contributed by atoms with van der Waals surface area (Å²) in [6, 6.07) is 14.0. The third-order valence-electron chi connectivity index (χ3n) is 3.01. The molecule has 0 aliphatic carbocycles. The van der Waals surface area contributed by atoms with Crippen LogP contribution >= 0.6 is 0 Å². The van der Waals surface area contributed by atoms with Gasteiger partial charge >= 0.3 is 0 Å². The summed E-state index contributed by atoms with van der Waals surface area (Å²) in [5, 5.41) is 4.56. The first kappa shape index (κ1) is 10.7. The van der Waals surface area contributed by atoms with Gasteiger partial charge in [0, 0.05) is 5.57 Å². The highest BCUT2D eigenvalue weighted by Crippen LogP contribution is 2.19. The minimum Gasteiger partial charge on any atom is -0.292 e. The molecule has 0 bridgehead atoms. The summed E-state index contributed by atoms with van der Waals surface area (Å²) in [6.07, 6.45) is 1.94. The number of benzene rings is 2. The molecule has 1 heterocycles. The zero-order valence-corrected chi connectivity index (χ0v) is 9.64. The van der Waals surface area contributed by atoms with Gasteiger partial charge in [-0.05, 0) is 28.5 Å². The fourth-order valence-corrected chi connectivity index (χ4v) is 2.12. The van der Waals surface area contributed by atoms with E-state index in [1.807, 2.05) is 42.5 Å². The predicted octanol–water partition coefficient (Wildman–Crippen LogP) is 2.27. The van der Waals surface area contributed by atoms with E-state index in [0.29, 0.717) is 5.57 Å². The average molecular weight is 237 g/mol. The lowest BCUT2D eigenvalue weighted by Gasteiger charge is -2.00. The molecule has 2 aromatic rings. The number of amides is 2. The molecule has 0 saturated carbocycles. The third kappa shape index (κ3) is 1.91. The van der Waals surface area contributed by atoms with E-state index in [2.05, 4.69) is 5.32 Å². The van der Waals surface area contributed by atoms with Crippen molar-refractivity contribution in [2.45, 2.75) is 6.42 Å². The van der Waals surface area contributed by atoms with E-state index in [9.17, 15) is 9.59 Å². The first-order valence-corrected chi connectivity index (χ1v) is 5.76. The molecule has 3 rings (SSSR count). The Balaban J connectivity index is 2.02. The first-order chi connectivity index (χ1) is 8.72. The van der Waals surface area contributed by atoms with Gasteiger partial charge in [0.25, 0.3) is 5.91 Å². The van der Waals surface area contributed by atoms with Crippen molar-refractivity contribution >= 4 is 28.7 Å². The normalized spacial score (nSPS) is 17.4. The van der Waals surface area contributed by atoms with Crippen molar-refractivity contribution in [1.29, 1.82) is 0 Å². The summed E-state index contributed by atoms with van der Waals surface area (Å²) < 4.78 is 0. The fraction of sp³-hybridized carbons (Fsp3) is 0.0667. The highest BCUT2D eigenvalue weighted by atomic mass is 16.2. The maximum absolute atomic E-state index is 11.5. The number of rotatable bonds is 1. The molecule has 0 unspecified atom stereocenters. The Morgan fingerprint density at radius 2 is 1.78 bits per heavy atom. The quantitative estimate of drug-likeness (QED) is 0.611. The predicted molar refractivity (Wildman–Crippen MR) is 69.7 cm³/mol. The van der Waals surface area contributed by atoms with Gasteiger partial charge in [0.05, 0.1) is 6.42 Å². The highest BCUT2D eigenvalue weighted by Gasteiger charge is 2.23. The van der Waals surface area contributed by atoms with E-state index in [-0.39, 0.29) is 18.2 Å². The number of carbonyl (C=O) groups is 2. The molecular weight excluding hydrogens is 226 g/mol. The van der Waals surface area contributed by atoms with Crippen LogP contribution in [0.2, 0.25) is 0 Å². The second-order valence-corrected chi connectivity index (χ2v) is 4.33. The Morgan fingerprint density at radius 3 is 2.50 bits per heavy atom. The Bertz CT molecular complexity index is 686. The molecule has 0 radical (unpaired) electrons. The zero-order chi connectivity index (χ0) is 12.5. The van der Waals surface area contributed by atoms with Crippen LogP contribution in [0.4, 0.5) is 0 Å². The molecule has 1 aliphatic heterocycles. The number of imide groups is 1. The molecule has 1 N–H and O–H groups in total. The summed E-state index contributed by atoms with van der Waals surface area (Å²) in [5.41, 5.74) is 1.46. The van der Waals surface area contributed by atoms with Crippen LogP contribution in [0.5, 0.6) is 0 Å². The fourth-order valence-electron chi connectivity index (χ4n) is 2.12. The summed E-state index contributed by atoms with van der Waals surface area (Å²) >= 11 is 0. The molecule has 2 aromatic carbocycles. The Labute approximate surface area is 104 Å². The third-order valence-corrected chi connectivity index (χ3v) is 3.01. The van der Waals surface area contributed by atoms with Gasteiger partial charge in [0.2, 0.25) is 5.91 Å². The van der Waals surface area contributed by atoms with Crippen LogP contribution in [-0.2, 0) is 9.59 Å². The molecular formula is C15H11NO2. The van der Waals surface area contributed by atoms with Crippen LogP contribution in [0.1, 0.15) is 12.0 Å². The van der Waals surface area contributed by atoms with E-state index in [1.54, 1.807) is 6.08 Å². The van der Waals surface area contributed by atoms with Gasteiger partial charge in [-0.25, -0.2) is 0 Å². The second kappa shape index (κ2) is 4.11. The van der Waals surface area contributed by atoms with Gasteiger partial charge in [-0.15, -0.1) is 0 Å². The molecule has 0 spiro atoms. The van der Waals surface area contributed by atoms with Crippen molar-refractivity contribution in [3.63, 3.8) is 0 Å². The topological polar surface area (TPSA) is 46.2 Å². The molecule has 1 saturated heterocycles. The van der Waals surface area contributed by atoms with Crippen LogP contribution in [0.25, 0.3) is 16.8 Å². The Kier molecular flexibility index (Phi) is 2.45. The zero-order valence-electron chi connectivity index (χ0n) is 9.64. The molecule has 18 heavy (non-hydrogen) atoms. The number of nitrogens with one attached hydrogen (secondary N) is 1. The van der Waals surface area contributed by atoms with Crippen molar-refractivity contribution in [2.24, 2.45) is 0 Å². The molecule has 88 valence electrons. The van der Waals surface area contributed by atoms with Crippen molar-refractivity contribution < 1.29 is 9.59 Å². The second-order valence-electron chi connectivity index (χ2n) is 4.33. The molecule has 3 heteroatoms. The van der Waals surface area contributed by atoms with Gasteiger partial charge in [-0.1, -0.05) is 36.4 Å². The van der Waals surface area contributed by atoms with E-state index in [4.69, 9.17) is 0 Å². The summed E-state index contributed by atoms with van der Waals surface area (Å²) in [4.78, 5) is 22.5. The van der Waals surface area contributed by atoms with Crippen LogP contribution in [-0.4, -0.2) is 11.8 Å². The van der Waals surface area contributed by atoms with Crippen molar-refractivity contribution in [3.05, 3.63) is 53.6 Å². The summed E-state index contributed by atoms with van der Waals surface area (Å²) in [7, 11) is 0. The molecule has 1 fully saturated rings. The van der Waals surface area contributed by atoms with Crippen LogP contribution in [0.3, 0.4) is 0 Å². The maximum atomic E-state index is 11.5. The standard InChI is InChI=1S/C15H11NO2/c17-14-9-13(15(18)16-14)8-10-5-6-11-3-1-2-4-12(11)7-10/h1-8H,9H2,(H,16,17,18). The van der Waals surface area contributed by atoms with E-state index >= 15 is 0 Å². The van der Waals surface area contributed by atoms with Gasteiger partial charge in [0.1, 0.15) is 0 Å². The molecule has 0 atom stereocenters. The average Bonchev–Trinajstić information content (AvgIpc) is 2.68. The monoisotopic (exact) mass is 237 g/mol.